The molecular formula is C16H29N3. The summed E-state index contributed by atoms with van der Waals surface area (Å²) in [6.45, 7) is 10.2. The first kappa shape index (κ1) is 14.6. The van der Waals surface area contributed by atoms with E-state index in [0.29, 0.717) is 11.5 Å². The van der Waals surface area contributed by atoms with Crippen LogP contribution in [-0.4, -0.2) is 15.8 Å². The Hall–Kier alpha value is -0.830. The SMILES string of the molecule is Cc1c(CNC2CCCCC2C(C)(C)C)cnn1C. The molecule has 0 aliphatic heterocycles. The lowest BCUT2D eigenvalue weighted by atomic mass is 9.69. The fourth-order valence-electron chi connectivity index (χ4n) is 3.37. The topological polar surface area (TPSA) is 29.9 Å². The summed E-state index contributed by atoms with van der Waals surface area (Å²) in [5.41, 5.74) is 3.01. The Bertz CT molecular complexity index is 414. The lowest BCUT2D eigenvalue weighted by Gasteiger charge is -2.41. The predicted molar refractivity (Wildman–Crippen MR) is 80.0 cm³/mol. The minimum absolute atomic E-state index is 0.405. The molecule has 2 atom stereocenters. The first-order valence-electron chi connectivity index (χ1n) is 7.60. The van der Waals surface area contributed by atoms with Gasteiger partial charge in [-0.05, 0) is 31.1 Å². The van der Waals surface area contributed by atoms with Gasteiger partial charge in [-0.3, -0.25) is 4.68 Å². The summed E-state index contributed by atoms with van der Waals surface area (Å²) in [7, 11) is 2.01. The smallest absolute Gasteiger partial charge is 0.0537 e. The summed E-state index contributed by atoms with van der Waals surface area (Å²) < 4.78 is 1.96. The van der Waals surface area contributed by atoms with Gasteiger partial charge in [0.2, 0.25) is 0 Å². The molecule has 19 heavy (non-hydrogen) atoms. The van der Waals surface area contributed by atoms with E-state index in [1.54, 1.807) is 0 Å². The number of aryl methyl sites for hydroxylation is 1. The van der Waals surface area contributed by atoms with Crippen molar-refractivity contribution >= 4 is 0 Å². The van der Waals surface area contributed by atoms with E-state index in [0.717, 1.165) is 12.5 Å². The molecule has 0 bridgehead atoms. The van der Waals surface area contributed by atoms with E-state index in [1.807, 2.05) is 17.9 Å². The number of hydrogen-bond donors (Lipinski definition) is 1. The van der Waals surface area contributed by atoms with Crippen LogP contribution >= 0.6 is 0 Å². The maximum absolute atomic E-state index is 4.32. The van der Waals surface area contributed by atoms with Gasteiger partial charge in [0.1, 0.15) is 0 Å². The van der Waals surface area contributed by atoms with Crippen molar-refractivity contribution in [2.24, 2.45) is 18.4 Å². The molecule has 1 aromatic heterocycles. The van der Waals surface area contributed by atoms with Crippen LogP contribution in [0, 0.1) is 18.3 Å². The molecule has 1 fully saturated rings. The molecule has 0 radical (unpaired) electrons. The van der Waals surface area contributed by atoms with Crippen LogP contribution in [0.2, 0.25) is 0 Å². The van der Waals surface area contributed by atoms with Gasteiger partial charge in [-0.15, -0.1) is 0 Å². The molecule has 2 unspecified atom stereocenters. The van der Waals surface area contributed by atoms with Crippen molar-refractivity contribution in [3.63, 3.8) is 0 Å². The van der Waals surface area contributed by atoms with Gasteiger partial charge in [-0.1, -0.05) is 33.6 Å². The minimum atomic E-state index is 0.405. The molecule has 0 saturated heterocycles. The van der Waals surface area contributed by atoms with Crippen molar-refractivity contribution in [3.8, 4) is 0 Å². The highest BCUT2D eigenvalue weighted by Gasteiger charge is 2.33. The number of rotatable bonds is 3. The van der Waals surface area contributed by atoms with Gasteiger partial charge in [-0.25, -0.2) is 0 Å². The van der Waals surface area contributed by atoms with Gasteiger partial charge in [0, 0.05) is 30.9 Å². The molecule has 3 heteroatoms. The average molecular weight is 263 g/mol. The number of nitrogens with one attached hydrogen (secondary N) is 1. The molecule has 1 N–H and O–H groups in total. The van der Waals surface area contributed by atoms with Crippen LogP contribution in [-0.2, 0) is 13.6 Å². The molecule has 1 aliphatic rings. The zero-order valence-corrected chi connectivity index (χ0v) is 13.2. The van der Waals surface area contributed by atoms with E-state index >= 15 is 0 Å². The molecule has 2 rings (SSSR count). The van der Waals surface area contributed by atoms with Gasteiger partial charge in [-0.2, -0.15) is 5.10 Å². The van der Waals surface area contributed by atoms with Crippen LogP contribution < -0.4 is 5.32 Å². The molecule has 1 aliphatic carbocycles. The Balaban J connectivity index is 1.99. The Morgan fingerprint density at radius 2 is 2.00 bits per heavy atom. The van der Waals surface area contributed by atoms with Gasteiger partial charge >= 0.3 is 0 Å². The highest BCUT2D eigenvalue weighted by atomic mass is 15.3. The summed E-state index contributed by atoms with van der Waals surface area (Å²) in [6.07, 6.45) is 7.45. The molecule has 108 valence electrons. The summed E-state index contributed by atoms with van der Waals surface area (Å²) >= 11 is 0. The van der Waals surface area contributed by atoms with E-state index in [1.165, 1.54) is 36.9 Å². The first-order chi connectivity index (χ1) is 8.89. The lowest BCUT2D eigenvalue weighted by Crippen LogP contribution is -2.43. The van der Waals surface area contributed by atoms with Crippen LogP contribution in [0.4, 0.5) is 0 Å². The second-order valence-electron chi connectivity index (χ2n) is 7.12. The lowest BCUT2D eigenvalue weighted by molar-refractivity contribution is 0.130. The fourth-order valence-corrected chi connectivity index (χ4v) is 3.37. The van der Waals surface area contributed by atoms with Crippen molar-refractivity contribution in [1.29, 1.82) is 0 Å². The molecular weight excluding hydrogens is 234 g/mol. The third-order valence-electron chi connectivity index (χ3n) is 4.77. The highest BCUT2D eigenvalue weighted by molar-refractivity contribution is 5.15. The normalized spacial score (nSPS) is 24.7. The first-order valence-corrected chi connectivity index (χ1v) is 7.60. The highest BCUT2D eigenvalue weighted by Crippen LogP contribution is 2.38. The summed E-state index contributed by atoms with van der Waals surface area (Å²) in [6, 6.07) is 0.661. The molecule has 1 saturated carbocycles. The van der Waals surface area contributed by atoms with E-state index < -0.39 is 0 Å². The Morgan fingerprint density at radius 1 is 1.32 bits per heavy atom. The monoisotopic (exact) mass is 263 g/mol. The van der Waals surface area contributed by atoms with E-state index in [4.69, 9.17) is 0 Å². The zero-order chi connectivity index (χ0) is 14.0. The molecule has 1 aromatic rings. The average Bonchev–Trinajstić information content (AvgIpc) is 2.67. The number of nitrogens with zero attached hydrogens (tertiary/aromatic N) is 2. The van der Waals surface area contributed by atoms with Crippen molar-refractivity contribution in [2.45, 2.75) is 66.0 Å². The third-order valence-corrected chi connectivity index (χ3v) is 4.77. The van der Waals surface area contributed by atoms with Crippen molar-refractivity contribution in [2.75, 3.05) is 0 Å². The van der Waals surface area contributed by atoms with Crippen molar-refractivity contribution in [1.82, 2.24) is 15.1 Å². The third kappa shape index (κ3) is 3.38. The second-order valence-corrected chi connectivity index (χ2v) is 7.12. The quantitative estimate of drug-likeness (QED) is 0.905. The second kappa shape index (κ2) is 5.66. The molecule has 3 nitrogen and oxygen atoms in total. The summed E-state index contributed by atoms with van der Waals surface area (Å²) in [5.74, 6) is 0.790. The van der Waals surface area contributed by atoms with Crippen molar-refractivity contribution in [3.05, 3.63) is 17.5 Å². The van der Waals surface area contributed by atoms with E-state index in [2.05, 4.69) is 38.1 Å². The van der Waals surface area contributed by atoms with Crippen LogP contribution in [0.1, 0.15) is 57.7 Å². The Labute approximate surface area is 117 Å². The van der Waals surface area contributed by atoms with Crippen LogP contribution in [0.25, 0.3) is 0 Å². The molecule has 0 spiro atoms. The van der Waals surface area contributed by atoms with Crippen LogP contribution in [0.5, 0.6) is 0 Å². The van der Waals surface area contributed by atoms with Gasteiger partial charge in [0.25, 0.3) is 0 Å². The van der Waals surface area contributed by atoms with Gasteiger partial charge in [0.05, 0.1) is 6.20 Å². The molecule has 0 aromatic carbocycles. The molecule has 0 amide bonds. The van der Waals surface area contributed by atoms with E-state index in [-0.39, 0.29) is 0 Å². The summed E-state index contributed by atoms with van der Waals surface area (Å²) in [4.78, 5) is 0. The van der Waals surface area contributed by atoms with Crippen LogP contribution in [0.15, 0.2) is 6.20 Å². The predicted octanol–water partition coefficient (Wildman–Crippen LogP) is 3.42. The fraction of sp³-hybridized carbons (Fsp3) is 0.812. The standard InChI is InChI=1S/C16H29N3/c1-12-13(11-18-19(12)5)10-17-15-9-7-6-8-14(15)16(2,3)4/h11,14-15,17H,6-10H2,1-5H3. The van der Waals surface area contributed by atoms with Gasteiger partial charge in [0.15, 0.2) is 0 Å². The number of hydrogen-bond acceptors (Lipinski definition) is 2. The Morgan fingerprint density at radius 3 is 2.58 bits per heavy atom. The van der Waals surface area contributed by atoms with Gasteiger partial charge < -0.3 is 5.32 Å². The van der Waals surface area contributed by atoms with Crippen molar-refractivity contribution < 1.29 is 0 Å². The zero-order valence-electron chi connectivity index (χ0n) is 13.2. The summed E-state index contributed by atoms with van der Waals surface area (Å²) in [5, 5.41) is 8.12. The molecule has 1 heterocycles. The number of aromatic nitrogens is 2. The minimum Gasteiger partial charge on any atom is -0.310 e. The van der Waals surface area contributed by atoms with Crippen LogP contribution in [0.3, 0.4) is 0 Å². The maximum Gasteiger partial charge on any atom is 0.0537 e. The largest absolute Gasteiger partial charge is 0.310 e. The maximum atomic E-state index is 4.32. The Kier molecular flexibility index (Phi) is 4.34. The van der Waals surface area contributed by atoms with E-state index in [9.17, 15) is 0 Å².